The summed E-state index contributed by atoms with van der Waals surface area (Å²) in [6.45, 7) is 3.87. The van der Waals surface area contributed by atoms with Crippen LogP contribution in [0.15, 0.2) is 47.7 Å². The molecule has 2 heterocycles. The van der Waals surface area contributed by atoms with E-state index in [9.17, 15) is 14.0 Å². The van der Waals surface area contributed by atoms with Crippen LogP contribution in [0, 0.1) is 19.7 Å². The van der Waals surface area contributed by atoms with Gasteiger partial charge in [0, 0.05) is 28.6 Å². The minimum atomic E-state index is -0.752. The number of rotatable bonds is 2. The maximum absolute atomic E-state index is 14.5. The summed E-state index contributed by atoms with van der Waals surface area (Å²) < 4.78 is 19.7. The lowest BCUT2D eigenvalue weighted by Gasteiger charge is -2.32. The topological polar surface area (TPSA) is 46.6 Å². The first-order valence-electron chi connectivity index (χ1n) is 8.62. The molecule has 0 spiro atoms. The summed E-state index contributed by atoms with van der Waals surface area (Å²) in [4.78, 5) is 27.0. The molecule has 0 saturated carbocycles. The number of aryl methyl sites for hydroxylation is 2. The Bertz CT molecular complexity index is 974. The highest BCUT2D eigenvalue weighted by atomic mass is 35.5. The van der Waals surface area contributed by atoms with Gasteiger partial charge in [0.25, 0.3) is 0 Å². The van der Waals surface area contributed by atoms with Crippen LogP contribution in [0.2, 0.25) is 5.02 Å². The van der Waals surface area contributed by atoms with Gasteiger partial charge >= 0.3 is 5.97 Å². The van der Waals surface area contributed by atoms with Gasteiger partial charge in [0.2, 0.25) is 5.91 Å². The molecule has 0 aromatic heterocycles. The Hall–Kier alpha value is -2.66. The standard InChI is InChI=1S/C21H17ClFNO3/c1-11-6-12(2)8-13(7-11)24-17-10-27-21(26)20(17)14(9-18(24)25)19-15(22)4-3-5-16(19)23/h3-8,14H,9-10H2,1-2H3. The van der Waals surface area contributed by atoms with Crippen LogP contribution in [-0.2, 0) is 14.3 Å². The van der Waals surface area contributed by atoms with Crippen LogP contribution in [0.25, 0.3) is 0 Å². The molecule has 2 aromatic rings. The second kappa shape index (κ2) is 6.50. The van der Waals surface area contributed by atoms with Gasteiger partial charge < -0.3 is 4.74 Å². The van der Waals surface area contributed by atoms with Gasteiger partial charge in [0.05, 0.1) is 11.3 Å². The molecule has 0 fully saturated rings. The zero-order valence-corrected chi connectivity index (χ0v) is 15.6. The van der Waals surface area contributed by atoms with Crippen molar-refractivity contribution in [3.05, 3.63) is 75.2 Å². The lowest BCUT2D eigenvalue weighted by atomic mass is 9.83. The smallest absolute Gasteiger partial charge is 0.336 e. The van der Waals surface area contributed by atoms with Crippen molar-refractivity contribution in [1.29, 1.82) is 0 Å². The van der Waals surface area contributed by atoms with E-state index < -0.39 is 17.7 Å². The summed E-state index contributed by atoms with van der Waals surface area (Å²) >= 11 is 6.20. The van der Waals surface area contributed by atoms with E-state index in [1.807, 2.05) is 32.0 Å². The van der Waals surface area contributed by atoms with Crippen molar-refractivity contribution >= 4 is 29.2 Å². The molecule has 1 unspecified atom stereocenters. The number of amides is 1. The van der Waals surface area contributed by atoms with E-state index in [0.29, 0.717) is 17.0 Å². The Kier molecular flexibility index (Phi) is 4.27. The number of ether oxygens (including phenoxy) is 1. The summed E-state index contributed by atoms with van der Waals surface area (Å²) in [5.74, 6) is -2.04. The monoisotopic (exact) mass is 385 g/mol. The normalized spacial score (nSPS) is 19.4. The largest absolute Gasteiger partial charge is 0.456 e. The van der Waals surface area contributed by atoms with Gasteiger partial charge in [0.1, 0.15) is 12.4 Å². The molecule has 4 nitrogen and oxygen atoms in total. The highest BCUT2D eigenvalue weighted by Crippen LogP contribution is 2.44. The average molecular weight is 386 g/mol. The van der Waals surface area contributed by atoms with Crippen molar-refractivity contribution in [3.63, 3.8) is 0 Å². The first-order chi connectivity index (χ1) is 12.9. The van der Waals surface area contributed by atoms with Crippen molar-refractivity contribution in [2.75, 3.05) is 11.5 Å². The molecule has 0 saturated heterocycles. The highest BCUT2D eigenvalue weighted by molar-refractivity contribution is 6.31. The molecule has 2 aromatic carbocycles. The third-order valence-corrected chi connectivity index (χ3v) is 5.26. The number of anilines is 1. The summed E-state index contributed by atoms with van der Waals surface area (Å²) in [5, 5.41) is 0.194. The third-order valence-electron chi connectivity index (χ3n) is 4.93. The second-order valence-corrected chi connectivity index (χ2v) is 7.31. The molecular weight excluding hydrogens is 369 g/mol. The van der Waals surface area contributed by atoms with Crippen LogP contribution in [-0.4, -0.2) is 18.5 Å². The van der Waals surface area contributed by atoms with Crippen LogP contribution >= 0.6 is 11.6 Å². The van der Waals surface area contributed by atoms with Crippen LogP contribution in [0.3, 0.4) is 0 Å². The number of carbonyl (C=O) groups is 2. The molecule has 27 heavy (non-hydrogen) atoms. The molecule has 138 valence electrons. The quantitative estimate of drug-likeness (QED) is 0.718. The van der Waals surface area contributed by atoms with Gasteiger partial charge in [-0.3, -0.25) is 9.69 Å². The first kappa shape index (κ1) is 17.7. The van der Waals surface area contributed by atoms with E-state index in [-0.39, 0.29) is 29.5 Å². The number of carbonyl (C=O) groups excluding carboxylic acids is 2. The number of hydrogen-bond acceptors (Lipinski definition) is 3. The van der Waals surface area contributed by atoms with Gasteiger partial charge in [-0.2, -0.15) is 0 Å². The van der Waals surface area contributed by atoms with Crippen molar-refractivity contribution in [2.24, 2.45) is 0 Å². The van der Waals surface area contributed by atoms with Gasteiger partial charge in [-0.05, 0) is 49.2 Å². The Morgan fingerprint density at radius 2 is 1.85 bits per heavy atom. The summed E-state index contributed by atoms with van der Waals surface area (Å²) in [6, 6.07) is 10.1. The number of benzene rings is 2. The molecule has 2 aliphatic rings. The van der Waals surface area contributed by atoms with Gasteiger partial charge in [-0.1, -0.05) is 23.7 Å². The molecule has 1 amide bonds. The lowest BCUT2D eigenvalue weighted by molar-refractivity contribution is -0.136. The van der Waals surface area contributed by atoms with Crippen LogP contribution in [0.1, 0.15) is 29.0 Å². The molecule has 0 N–H and O–H groups in total. The van der Waals surface area contributed by atoms with Gasteiger partial charge in [-0.15, -0.1) is 0 Å². The van der Waals surface area contributed by atoms with E-state index in [1.165, 1.54) is 17.0 Å². The molecule has 2 aliphatic heterocycles. The number of esters is 1. The van der Waals surface area contributed by atoms with Gasteiger partial charge in [0.15, 0.2) is 0 Å². The fourth-order valence-corrected chi connectivity index (χ4v) is 4.22. The Balaban J connectivity index is 1.89. The van der Waals surface area contributed by atoms with Crippen LogP contribution in [0.5, 0.6) is 0 Å². The molecule has 6 heteroatoms. The van der Waals surface area contributed by atoms with E-state index in [0.717, 1.165) is 11.1 Å². The predicted octanol–water partition coefficient (Wildman–Crippen LogP) is 4.43. The Morgan fingerprint density at radius 3 is 2.52 bits per heavy atom. The second-order valence-electron chi connectivity index (χ2n) is 6.90. The Morgan fingerprint density at radius 1 is 1.15 bits per heavy atom. The molecule has 4 rings (SSSR count). The maximum atomic E-state index is 14.5. The SMILES string of the molecule is Cc1cc(C)cc(N2C(=O)CC(c3c(F)cccc3Cl)C3=C2COC3=O)c1. The molecule has 1 atom stereocenters. The molecule has 0 aliphatic carbocycles. The number of hydrogen-bond donors (Lipinski definition) is 0. The highest BCUT2D eigenvalue weighted by Gasteiger charge is 2.44. The fourth-order valence-electron chi connectivity index (χ4n) is 3.92. The van der Waals surface area contributed by atoms with Gasteiger partial charge in [-0.25, -0.2) is 9.18 Å². The van der Waals surface area contributed by atoms with E-state index >= 15 is 0 Å². The zero-order valence-electron chi connectivity index (χ0n) is 14.9. The van der Waals surface area contributed by atoms with Crippen LogP contribution < -0.4 is 4.90 Å². The maximum Gasteiger partial charge on any atom is 0.336 e. The molecule has 0 radical (unpaired) electrons. The van der Waals surface area contributed by atoms with E-state index in [2.05, 4.69) is 0 Å². The molecule has 0 bridgehead atoms. The zero-order chi connectivity index (χ0) is 19.3. The predicted molar refractivity (Wildman–Crippen MR) is 100 cm³/mol. The van der Waals surface area contributed by atoms with E-state index in [4.69, 9.17) is 16.3 Å². The lowest BCUT2D eigenvalue weighted by Crippen LogP contribution is -2.37. The minimum absolute atomic E-state index is 0.0184. The minimum Gasteiger partial charge on any atom is -0.456 e. The summed E-state index contributed by atoms with van der Waals surface area (Å²) in [7, 11) is 0. The number of cyclic esters (lactones) is 1. The summed E-state index contributed by atoms with van der Waals surface area (Å²) in [5.41, 5.74) is 3.63. The Labute approximate surface area is 161 Å². The summed E-state index contributed by atoms with van der Waals surface area (Å²) in [6.07, 6.45) is -0.0540. The van der Waals surface area contributed by atoms with Crippen LogP contribution in [0.4, 0.5) is 10.1 Å². The van der Waals surface area contributed by atoms with E-state index in [1.54, 1.807) is 6.07 Å². The first-order valence-corrected chi connectivity index (χ1v) is 9.00. The van der Waals surface area contributed by atoms with Crippen molar-refractivity contribution < 1.29 is 18.7 Å². The van der Waals surface area contributed by atoms with Crippen molar-refractivity contribution in [3.8, 4) is 0 Å². The molecular formula is C21H17ClFNO3. The third kappa shape index (κ3) is 2.92. The number of nitrogens with zero attached hydrogens (tertiary/aromatic N) is 1. The number of halogens is 2. The van der Waals surface area contributed by atoms with Crippen molar-refractivity contribution in [1.82, 2.24) is 0 Å². The fraction of sp³-hybridized carbons (Fsp3) is 0.238. The van der Waals surface area contributed by atoms with Crippen molar-refractivity contribution in [2.45, 2.75) is 26.2 Å². The average Bonchev–Trinajstić information content (AvgIpc) is 2.95.